The fraction of sp³-hybridized carbons (Fsp3) is 0.250. The lowest BCUT2D eigenvalue weighted by atomic mass is 10.2. The van der Waals surface area contributed by atoms with Gasteiger partial charge < -0.3 is 9.80 Å². The summed E-state index contributed by atoms with van der Waals surface area (Å²) in [5, 5.41) is 0.581. The van der Waals surface area contributed by atoms with Crippen LogP contribution in [0.2, 0.25) is 5.02 Å². The lowest BCUT2D eigenvalue weighted by Crippen LogP contribution is -2.35. The third-order valence-corrected chi connectivity index (χ3v) is 5.39. The summed E-state index contributed by atoms with van der Waals surface area (Å²) in [6.45, 7) is 3.01. The van der Waals surface area contributed by atoms with Crippen LogP contribution in [0.1, 0.15) is 16.8 Å². The highest BCUT2D eigenvalue weighted by molar-refractivity contribution is 9.10. The van der Waals surface area contributed by atoms with Crippen LogP contribution in [0.25, 0.3) is 11.0 Å². The molecule has 7 heteroatoms. The Kier molecular flexibility index (Phi) is 5.27. The molecule has 138 valence electrons. The Morgan fingerprint density at radius 2 is 1.96 bits per heavy atom. The quantitative estimate of drug-likeness (QED) is 0.587. The molecule has 1 aliphatic heterocycles. The van der Waals surface area contributed by atoms with Crippen LogP contribution in [-0.2, 0) is 0 Å². The fourth-order valence-corrected chi connectivity index (χ4v) is 3.92. The number of anilines is 1. The van der Waals surface area contributed by atoms with Gasteiger partial charge in [-0.15, -0.1) is 0 Å². The normalized spacial score (nSPS) is 15.0. The predicted molar refractivity (Wildman–Crippen MR) is 111 cm³/mol. The number of pyridine rings is 2. The molecule has 0 bridgehead atoms. The molecular weight excluding hydrogens is 428 g/mol. The van der Waals surface area contributed by atoms with Gasteiger partial charge in [0.15, 0.2) is 0 Å². The maximum absolute atomic E-state index is 12.8. The van der Waals surface area contributed by atoms with E-state index in [2.05, 4.69) is 30.8 Å². The Hall–Kier alpha value is -2.18. The third kappa shape index (κ3) is 3.92. The lowest BCUT2D eigenvalue weighted by molar-refractivity contribution is 0.0767. The van der Waals surface area contributed by atoms with Gasteiger partial charge in [-0.05, 0) is 52.7 Å². The maximum atomic E-state index is 12.8. The molecule has 1 aliphatic rings. The number of nitrogens with zero attached hydrogens (tertiary/aromatic N) is 4. The second-order valence-corrected chi connectivity index (χ2v) is 7.85. The number of carbonyl (C=O) groups is 1. The van der Waals surface area contributed by atoms with Crippen LogP contribution < -0.4 is 4.90 Å². The Morgan fingerprint density at radius 3 is 2.81 bits per heavy atom. The molecule has 5 nitrogen and oxygen atoms in total. The zero-order valence-electron chi connectivity index (χ0n) is 14.6. The molecule has 27 heavy (non-hydrogen) atoms. The van der Waals surface area contributed by atoms with Gasteiger partial charge in [0.2, 0.25) is 0 Å². The molecule has 0 unspecified atom stereocenters. The first-order valence-electron chi connectivity index (χ1n) is 8.82. The van der Waals surface area contributed by atoms with E-state index in [0.29, 0.717) is 17.1 Å². The second-order valence-electron chi connectivity index (χ2n) is 6.49. The van der Waals surface area contributed by atoms with Crippen LogP contribution in [0.15, 0.2) is 53.3 Å². The summed E-state index contributed by atoms with van der Waals surface area (Å²) >= 11 is 9.48. The van der Waals surface area contributed by atoms with Crippen LogP contribution in [-0.4, -0.2) is 47.0 Å². The molecule has 0 saturated carbocycles. The Balaban J connectivity index is 1.55. The van der Waals surface area contributed by atoms with E-state index in [1.807, 2.05) is 35.4 Å². The fourth-order valence-electron chi connectivity index (χ4n) is 3.41. The zero-order valence-corrected chi connectivity index (χ0v) is 16.9. The topological polar surface area (TPSA) is 49.3 Å². The number of benzene rings is 1. The number of aromatic nitrogens is 2. The standard InChI is InChI=1S/C20H18BrClN4O/c21-15-12-17-19(24-13-15)18(5-6-23-17)25-7-2-8-26(10-9-25)20(27)14-3-1-4-16(22)11-14/h1,3-6,11-13H,2,7-10H2. The SMILES string of the molecule is O=C(c1cccc(Cl)c1)N1CCCN(c2ccnc3cc(Br)cnc23)CC1. The first-order chi connectivity index (χ1) is 13.1. The largest absolute Gasteiger partial charge is 0.368 e. The smallest absolute Gasteiger partial charge is 0.253 e. The summed E-state index contributed by atoms with van der Waals surface area (Å²) in [5.41, 5.74) is 3.44. The highest BCUT2D eigenvalue weighted by Crippen LogP contribution is 2.26. The van der Waals surface area contributed by atoms with Gasteiger partial charge in [-0.1, -0.05) is 17.7 Å². The van der Waals surface area contributed by atoms with Crippen molar-refractivity contribution >= 4 is 50.2 Å². The van der Waals surface area contributed by atoms with E-state index in [1.54, 1.807) is 18.3 Å². The van der Waals surface area contributed by atoms with E-state index >= 15 is 0 Å². The molecule has 3 heterocycles. The number of hydrogen-bond donors (Lipinski definition) is 0. The molecule has 4 rings (SSSR count). The minimum Gasteiger partial charge on any atom is -0.368 e. The van der Waals surface area contributed by atoms with Gasteiger partial charge in [-0.3, -0.25) is 14.8 Å². The Bertz CT molecular complexity index is 997. The molecule has 3 aromatic rings. The summed E-state index contributed by atoms with van der Waals surface area (Å²) < 4.78 is 0.911. The van der Waals surface area contributed by atoms with E-state index in [-0.39, 0.29) is 5.91 Å². The van der Waals surface area contributed by atoms with Crippen LogP contribution in [0.5, 0.6) is 0 Å². The van der Waals surface area contributed by atoms with Crippen molar-refractivity contribution in [3.63, 3.8) is 0 Å². The molecule has 0 N–H and O–H groups in total. The van der Waals surface area contributed by atoms with Gasteiger partial charge in [-0.25, -0.2) is 0 Å². The average Bonchev–Trinajstić information content (AvgIpc) is 2.93. The number of hydrogen-bond acceptors (Lipinski definition) is 4. The summed E-state index contributed by atoms with van der Waals surface area (Å²) in [5.74, 6) is 0.0287. The van der Waals surface area contributed by atoms with Crippen LogP contribution >= 0.6 is 27.5 Å². The van der Waals surface area contributed by atoms with Crippen LogP contribution in [0, 0.1) is 0 Å². The number of carbonyl (C=O) groups excluding carboxylic acids is 1. The van der Waals surface area contributed by atoms with Crippen molar-refractivity contribution in [2.75, 3.05) is 31.1 Å². The molecule has 1 saturated heterocycles. The third-order valence-electron chi connectivity index (χ3n) is 4.72. The number of halogens is 2. The summed E-state index contributed by atoms with van der Waals surface area (Å²) in [6, 6.07) is 11.1. The number of amides is 1. The zero-order chi connectivity index (χ0) is 18.8. The van der Waals surface area contributed by atoms with Crippen molar-refractivity contribution in [1.29, 1.82) is 0 Å². The average molecular weight is 446 g/mol. The van der Waals surface area contributed by atoms with Gasteiger partial charge in [0.1, 0.15) is 5.52 Å². The van der Waals surface area contributed by atoms with Gasteiger partial charge in [0.05, 0.1) is 11.2 Å². The minimum absolute atomic E-state index is 0.0287. The van der Waals surface area contributed by atoms with Crippen molar-refractivity contribution in [1.82, 2.24) is 14.9 Å². The maximum Gasteiger partial charge on any atom is 0.253 e. The molecule has 1 fully saturated rings. The van der Waals surface area contributed by atoms with Crippen molar-refractivity contribution in [2.45, 2.75) is 6.42 Å². The van der Waals surface area contributed by atoms with Crippen molar-refractivity contribution in [3.8, 4) is 0 Å². The molecule has 0 spiro atoms. The monoisotopic (exact) mass is 444 g/mol. The van der Waals surface area contributed by atoms with Crippen molar-refractivity contribution < 1.29 is 4.79 Å². The minimum atomic E-state index is 0.0287. The van der Waals surface area contributed by atoms with Crippen molar-refractivity contribution in [2.24, 2.45) is 0 Å². The number of rotatable bonds is 2. The van der Waals surface area contributed by atoms with Gasteiger partial charge in [-0.2, -0.15) is 0 Å². The van der Waals surface area contributed by atoms with E-state index in [1.165, 1.54) is 0 Å². The van der Waals surface area contributed by atoms with E-state index in [0.717, 1.165) is 47.2 Å². The van der Waals surface area contributed by atoms with Gasteiger partial charge in [0, 0.05) is 53.6 Å². The highest BCUT2D eigenvalue weighted by Gasteiger charge is 2.22. The van der Waals surface area contributed by atoms with E-state index in [9.17, 15) is 4.79 Å². The number of fused-ring (bicyclic) bond motifs is 1. The van der Waals surface area contributed by atoms with Crippen molar-refractivity contribution in [3.05, 3.63) is 63.9 Å². The highest BCUT2D eigenvalue weighted by atomic mass is 79.9. The van der Waals surface area contributed by atoms with E-state index in [4.69, 9.17) is 11.6 Å². The molecular formula is C20H18BrClN4O. The molecule has 0 aliphatic carbocycles. The summed E-state index contributed by atoms with van der Waals surface area (Å²) in [6.07, 6.45) is 4.50. The molecule has 2 aromatic heterocycles. The van der Waals surface area contributed by atoms with Gasteiger partial charge in [0.25, 0.3) is 5.91 Å². The molecule has 1 aromatic carbocycles. The first kappa shape index (κ1) is 18.2. The summed E-state index contributed by atoms with van der Waals surface area (Å²) in [7, 11) is 0. The van der Waals surface area contributed by atoms with Crippen LogP contribution in [0.4, 0.5) is 5.69 Å². The van der Waals surface area contributed by atoms with Crippen LogP contribution in [0.3, 0.4) is 0 Å². The Morgan fingerprint density at radius 1 is 1.07 bits per heavy atom. The Labute approximate surface area is 171 Å². The molecule has 0 atom stereocenters. The summed E-state index contributed by atoms with van der Waals surface area (Å²) in [4.78, 5) is 26.0. The lowest BCUT2D eigenvalue weighted by Gasteiger charge is -2.24. The van der Waals surface area contributed by atoms with Gasteiger partial charge >= 0.3 is 0 Å². The predicted octanol–water partition coefficient (Wildman–Crippen LogP) is 4.40. The molecule has 1 amide bonds. The first-order valence-corrected chi connectivity index (χ1v) is 9.99. The molecule has 0 radical (unpaired) electrons. The second kappa shape index (κ2) is 7.82. The van der Waals surface area contributed by atoms with E-state index < -0.39 is 0 Å².